The van der Waals surface area contributed by atoms with Crippen molar-refractivity contribution in [3.8, 4) is 0 Å². The van der Waals surface area contributed by atoms with E-state index in [4.69, 9.17) is 14.3 Å². The monoisotopic (exact) mass is 404 g/mol. The minimum absolute atomic E-state index is 0.502. The number of guanidine groups is 1. The van der Waals surface area contributed by atoms with Gasteiger partial charge in [-0.3, -0.25) is 4.90 Å². The molecule has 1 aliphatic rings. The Morgan fingerprint density at radius 3 is 2.66 bits per heavy atom. The summed E-state index contributed by atoms with van der Waals surface area (Å²) in [5.74, 6) is 3.52. The van der Waals surface area contributed by atoms with Crippen LogP contribution in [-0.2, 0) is 24.9 Å². The van der Waals surface area contributed by atoms with Crippen LogP contribution < -0.4 is 5.32 Å². The number of nitrogens with zero attached hydrogens (tertiary/aromatic N) is 7. The fraction of sp³-hybridized carbons (Fsp3) is 0.684. The highest BCUT2D eigenvalue weighted by atomic mass is 16.5. The molecule has 0 aromatic carbocycles. The Balaban J connectivity index is 1.58. The SMILES string of the molecule is COCCCNC(=NCc1nnc(C)n1C)N1CCN(Cc2cc(C)on2)CC1. The van der Waals surface area contributed by atoms with E-state index in [2.05, 4.69) is 30.5 Å². The summed E-state index contributed by atoms with van der Waals surface area (Å²) in [7, 11) is 3.69. The van der Waals surface area contributed by atoms with E-state index in [1.807, 2.05) is 31.5 Å². The van der Waals surface area contributed by atoms with Crippen molar-refractivity contribution in [1.29, 1.82) is 0 Å². The summed E-state index contributed by atoms with van der Waals surface area (Å²) >= 11 is 0. The number of methoxy groups -OCH3 is 1. The molecule has 1 aliphatic heterocycles. The summed E-state index contributed by atoms with van der Waals surface area (Å²) in [6.07, 6.45) is 0.935. The Bertz CT molecular complexity index is 792. The molecule has 0 radical (unpaired) electrons. The molecule has 1 N–H and O–H groups in total. The first-order valence-electron chi connectivity index (χ1n) is 10.1. The molecule has 10 heteroatoms. The van der Waals surface area contributed by atoms with Gasteiger partial charge in [0.15, 0.2) is 11.8 Å². The van der Waals surface area contributed by atoms with Gasteiger partial charge in [0.1, 0.15) is 18.1 Å². The minimum atomic E-state index is 0.502. The average molecular weight is 405 g/mol. The van der Waals surface area contributed by atoms with Crippen molar-refractivity contribution >= 4 is 5.96 Å². The lowest BCUT2D eigenvalue weighted by Crippen LogP contribution is -2.52. The van der Waals surface area contributed by atoms with Crippen LogP contribution in [0.15, 0.2) is 15.6 Å². The zero-order chi connectivity index (χ0) is 20.6. The van der Waals surface area contributed by atoms with Gasteiger partial charge in [0, 0.05) is 66.1 Å². The molecule has 1 saturated heterocycles. The lowest BCUT2D eigenvalue weighted by molar-refractivity contribution is 0.168. The number of ether oxygens (including phenoxy) is 1. The van der Waals surface area contributed by atoms with Crippen molar-refractivity contribution in [2.24, 2.45) is 12.0 Å². The van der Waals surface area contributed by atoms with Gasteiger partial charge in [-0.25, -0.2) is 4.99 Å². The largest absolute Gasteiger partial charge is 0.385 e. The van der Waals surface area contributed by atoms with Crippen molar-refractivity contribution in [2.75, 3.05) is 46.4 Å². The Morgan fingerprint density at radius 1 is 1.24 bits per heavy atom. The smallest absolute Gasteiger partial charge is 0.194 e. The fourth-order valence-corrected chi connectivity index (χ4v) is 3.26. The van der Waals surface area contributed by atoms with Crippen molar-refractivity contribution in [3.05, 3.63) is 29.2 Å². The predicted octanol–water partition coefficient (Wildman–Crippen LogP) is 0.720. The van der Waals surface area contributed by atoms with E-state index in [9.17, 15) is 0 Å². The van der Waals surface area contributed by atoms with Gasteiger partial charge in [-0.1, -0.05) is 5.16 Å². The van der Waals surface area contributed by atoms with Gasteiger partial charge < -0.3 is 24.0 Å². The quantitative estimate of drug-likeness (QED) is 0.391. The molecule has 10 nitrogen and oxygen atoms in total. The molecular formula is C19H32N8O2. The summed E-state index contributed by atoms with van der Waals surface area (Å²) in [5.41, 5.74) is 0.986. The Morgan fingerprint density at radius 2 is 2.03 bits per heavy atom. The van der Waals surface area contributed by atoms with Crippen molar-refractivity contribution in [1.82, 2.24) is 35.0 Å². The van der Waals surface area contributed by atoms with Gasteiger partial charge in [0.05, 0.1) is 5.69 Å². The standard InChI is InChI=1S/C19H32N8O2/c1-15-12-17(24-29-15)14-26-7-9-27(10-8-26)19(20-6-5-11-28-4)21-13-18-23-22-16(2)25(18)3/h12H,5-11,13-14H2,1-4H3,(H,20,21). The number of hydrogen-bond donors (Lipinski definition) is 1. The zero-order valence-electron chi connectivity index (χ0n) is 17.9. The molecular weight excluding hydrogens is 372 g/mol. The second kappa shape index (κ2) is 10.4. The highest BCUT2D eigenvalue weighted by Crippen LogP contribution is 2.10. The second-order valence-electron chi connectivity index (χ2n) is 7.33. The summed E-state index contributed by atoms with van der Waals surface area (Å²) in [4.78, 5) is 9.52. The van der Waals surface area contributed by atoms with Gasteiger partial charge in [0.25, 0.3) is 0 Å². The van der Waals surface area contributed by atoms with Crippen LogP contribution in [0.4, 0.5) is 0 Å². The van der Waals surface area contributed by atoms with Crippen LogP contribution in [0.5, 0.6) is 0 Å². The van der Waals surface area contributed by atoms with Crippen LogP contribution >= 0.6 is 0 Å². The number of aromatic nitrogens is 4. The molecule has 2 aromatic rings. The molecule has 0 aliphatic carbocycles. The maximum Gasteiger partial charge on any atom is 0.194 e. The Hall–Kier alpha value is -2.46. The summed E-state index contributed by atoms with van der Waals surface area (Å²) in [5, 5.41) is 15.9. The first kappa shape index (κ1) is 21.3. The van der Waals surface area contributed by atoms with Crippen molar-refractivity contribution < 1.29 is 9.26 Å². The maximum absolute atomic E-state index is 5.18. The summed E-state index contributed by atoms with van der Waals surface area (Å²) < 4.78 is 12.3. The third-order valence-electron chi connectivity index (χ3n) is 5.10. The molecule has 1 fully saturated rings. The molecule has 29 heavy (non-hydrogen) atoms. The normalized spacial score (nSPS) is 15.9. The molecule has 3 heterocycles. The zero-order valence-corrected chi connectivity index (χ0v) is 17.9. The van der Waals surface area contributed by atoms with Crippen LogP contribution in [0.1, 0.15) is 29.5 Å². The van der Waals surface area contributed by atoms with E-state index >= 15 is 0 Å². The number of rotatable bonds is 8. The number of aryl methyl sites for hydroxylation is 2. The van der Waals surface area contributed by atoms with Gasteiger partial charge >= 0.3 is 0 Å². The third-order valence-corrected chi connectivity index (χ3v) is 5.10. The van der Waals surface area contributed by atoms with Crippen LogP contribution in [0, 0.1) is 13.8 Å². The first-order valence-corrected chi connectivity index (χ1v) is 10.1. The maximum atomic E-state index is 5.18. The third kappa shape index (κ3) is 6.01. The van der Waals surface area contributed by atoms with Crippen LogP contribution in [0.3, 0.4) is 0 Å². The Kier molecular flexibility index (Phi) is 7.59. The first-order chi connectivity index (χ1) is 14.1. The highest BCUT2D eigenvalue weighted by molar-refractivity contribution is 5.80. The Labute approximate surface area is 171 Å². The predicted molar refractivity (Wildman–Crippen MR) is 109 cm³/mol. The van der Waals surface area contributed by atoms with Crippen molar-refractivity contribution in [2.45, 2.75) is 33.4 Å². The number of piperazine rings is 1. The molecule has 0 spiro atoms. The van der Waals surface area contributed by atoms with Gasteiger partial charge in [-0.05, 0) is 20.3 Å². The lowest BCUT2D eigenvalue weighted by atomic mass is 10.3. The topological polar surface area (TPSA) is 96.8 Å². The summed E-state index contributed by atoms with van der Waals surface area (Å²) in [6.45, 7) is 10.5. The average Bonchev–Trinajstić information content (AvgIpc) is 3.27. The van der Waals surface area contributed by atoms with E-state index in [1.165, 1.54) is 0 Å². The van der Waals surface area contributed by atoms with Crippen LogP contribution in [-0.4, -0.2) is 82.1 Å². The number of hydrogen-bond acceptors (Lipinski definition) is 7. The second-order valence-corrected chi connectivity index (χ2v) is 7.33. The van der Waals surface area contributed by atoms with E-state index in [1.54, 1.807) is 7.11 Å². The van der Waals surface area contributed by atoms with Crippen LogP contribution in [0.25, 0.3) is 0 Å². The highest BCUT2D eigenvalue weighted by Gasteiger charge is 2.21. The fourth-order valence-electron chi connectivity index (χ4n) is 3.26. The van der Waals surface area contributed by atoms with E-state index in [0.717, 1.165) is 81.4 Å². The van der Waals surface area contributed by atoms with Crippen molar-refractivity contribution in [3.63, 3.8) is 0 Å². The lowest BCUT2D eigenvalue weighted by Gasteiger charge is -2.36. The molecule has 0 bridgehead atoms. The molecule has 2 aromatic heterocycles. The van der Waals surface area contributed by atoms with Crippen LogP contribution in [0.2, 0.25) is 0 Å². The van der Waals surface area contributed by atoms with Gasteiger partial charge in [0.2, 0.25) is 0 Å². The molecule has 3 rings (SSSR count). The van der Waals surface area contributed by atoms with E-state index in [0.29, 0.717) is 6.54 Å². The number of aliphatic imine (C=N–C) groups is 1. The molecule has 0 saturated carbocycles. The van der Waals surface area contributed by atoms with Gasteiger partial charge in [-0.2, -0.15) is 0 Å². The summed E-state index contributed by atoms with van der Waals surface area (Å²) in [6, 6.07) is 2.00. The van der Waals surface area contributed by atoms with E-state index < -0.39 is 0 Å². The van der Waals surface area contributed by atoms with E-state index in [-0.39, 0.29) is 0 Å². The molecule has 0 atom stereocenters. The minimum Gasteiger partial charge on any atom is -0.385 e. The van der Waals surface area contributed by atoms with Gasteiger partial charge in [-0.15, -0.1) is 10.2 Å². The molecule has 0 unspecified atom stereocenters. The molecule has 160 valence electrons. The number of nitrogens with one attached hydrogen (secondary N) is 1. The molecule has 0 amide bonds.